The summed E-state index contributed by atoms with van der Waals surface area (Å²) in [4.78, 5) is 25.3. The summed E-state index contributed by atoms with van der Waals surface area (Å²) in [6.45, 7) is 1.11. The first-order valence-corrected chi connectivity index (χ1v) is 8.09. The minimum absolute atomic E-state index is 0.0752. The Bertz CT molecular complexity index is 821. The fraction of sp³-hybridized carbons (Fsp3) is 0.263. The molecule has 0 spiro atoms. The van der Waals surface area contributed by atoms with Crippen LogP contribution in [0.15, 0.2) is 48.5 Å². The zero-order chi connectivity index (χ0) is 20.0. The number of anilines is 1. The van der Waals surface area contributed by atoms with Crippen molar-refractivity contribution in [3.05, 3.63) is 65.5 Å². The second kappa shape index (κ2) is 8.66. The lowest BCUT2D eigenvalue weighted by atomic mass is 10.1. The maximum atomic E-state index is 14.1. The van der Waals surface area contributed by atoms with Gasteiger partial charge in [0.15, 0.2) is 0 Å². The Morgan fingerprint density at radius 3 is 2.41 bits per heavy atom. The third-order valence-corrected chi connectivity index (χ3v) is 3.65. The standard InChI is InChI=1S/C19H17F4NO3/c1-2-27-18(26)12-24(16-9-4-3-8-15(16)20)17(25)11-13-6-5-7-14(10-13)19(21,22)23/h3-10H,2,11-12H2,1H3. The second-order valence-electron chi connectivity index (χ2n) is 5.61. The zero-order valence-electron chi connectivity index (χ0n) is 14.4. The quantitative estimate of drug-likeness (QED) is 0.560. The number of nitrogens with zero attached hydrogens (tertiary/aromatic N) is 1. The molecule has 0 saturated carbocycles. The Morgan fingerprint density at radius 1 is 1.07 bits per heavy atom. The van der Waals surface area contributed by atoms with Crippen LogP contribution in [-0.4, -0.2) is 25.0 Å². The van der Waals surface area contributed by atoms with Gasteiger partial charge in [0.25, 0.3) is 0 Å². The van der Waals surface area contributed by atoms with Crippen molar-refractivity contribution in [3.63, 3.8) is 0 Å². The summed E-state index contributed by atoms with van der Waals surface area (Å²) >= 11 is 0. The van der Waals surface area contributed by atoms with Gasteiger partial charge >= 0.3 is 12.1 Å². The minimum Gasteiger partial charge on any atom is -0.465 e. The molecule has 0 radical (unpaired) electrons. The smallest absolute Gasteiger partial charge is 0.416 e. The van der Waals surface area contributed by atoms with Crippen LogP contribution < -0.4 is 4.90 Å². The van der Waals surface area contributed by atoms with Gasteiger partial charge in [-0.15, -0.1) is 0 Å². The van der Waals surface area contributed by atoms with Gasteiger partial charge in [-0.3, -0.25) is 14.5 Å². The van der Waals surface area contributed by atoms with Gasteiger partial charge in [-0.05, 0) is 30.7 Å². The van der Waals surface area contributed by atoms with Crippen LogP contribution in [0.3, 0.4) is 0 Å². The van der Waals surface area contributed by atoms with E-state index in [9.17, 15) is 27.2 Å². The lowest BCUT2D eigenvalue weighted by Gasteiger charge is -2.22. The molecule has 2 aromatic carbocycles. The Balaban J connectivity index is 2.29. The number of rotatable bonds is 6. The summed E-state index contributed by atoms with van der Waals surface area (Å²) in [6.07, 6.45) is -4.98. The molecule has 8 heteroatoms. The highest BCUT2D eigenvalue weighted by atomic mass is 19.4. The molecule has 144 valence electrons. The van der Waals surface area contributed by atoms with Crippen LogP contribution in [0.1, 0.15) is 18.1 Å². The average molecular weight is 383 g/mol. The summed E-state index contributed by atoms with van der Waals surface area (Å²) < 4.78 is 57.4. The Hall–Kier alpha value is -2.90. The average Bonchev–Trinajstić information content (AvgIpc) is 2.60. The third kappa shape index (κ3) is 5.54. The largest absolute Gasteiger partial charge is 0.465 e. The summed E-state index contributed by atoms with van der Waals surface area (Å²) in [5.74, 6) is -2.22. The number of alkyl halides is 3. The fourth-order valence-electron chi connectivity index (χ4n) is 2.44. The summed E-state index contributed by atoms with van der Waals surface area (Å²) in [6, 6.07) is 9.60. The molecule has 0 fully saturated rings. The Morgan fingerprint density at radius 2 is 1.78 bits per heavy atom. The molecule has 0 N–H and O–H groups in total. The van der Waals surface area contributed by atoms with Crippen LogP contribution in [-0.2, 0) is 26.9 Å². The van der Waals surface area contributed by atoms with Crippen molar-refractivity contribution in [2.75, 3.05) is 18.1 Å². The second-order valence-corrected chi connectivity index (χ2v) is 5.61. The van der Waals surface area contributed by atoms with E-state index in [1.807, 2.05) is 0 Å². The molecule has 1 amide bonds. The van der Waals surface area contributed by atoms with Gasteiger partial charge in [0.1, 0.15) is 12.4 Å². The molecule has 2 aromatic rings. The third-order valence-electron chi connectivity index (χ3n) is 3.65. The highest BCUT2D eigenvalue weighted by Gasteiger charge is 2.31. The molecule has 0 heterocycles. The van der Waals surface area contributed by atoms with Crippen molar-refractivity contribution < 1.29 is 31.9 Å². The number of para-hydroxylation sites is 1. The maximum Gasteiger partial charge on any atom is 0.416 e. The topological polar surface area (TPSA) is 46.6 Å². The first-order valence-electron chi connectivity index (χ1n) is 8.09. The van der Waals surface area contributed by atoms with Crippen LogP contribution in [0.5, 0.6) is 0 Å². The first kappa shape index (κ1) is 20.4. The van der Waals surface area contributed by atoms with E-state index in [0.29, 0.717) is 0 Å². The van der Waals surface area contributed by atoms with E-state index < -0.39 is 42.4 Å². The highest BCUT2D eigenvalue weighted by molar-refractivity contribution is 5.98. The number of hydrogen-bond donors (Lipinski definition) is 0. The number of carbonyl (C=O) groups excluding carboxylic acids is 2. The SMILES string of the molecule is CCOC(=O)CN(C(=O)Cc1cccc(C(F)(F)F)c1)c1ccccc1F. The first-order chi connectivity index (χ1) is 12.7. The van der Waals surface area contributed by atoms with Crippen molar-refractivity contribution in [1.29, 1.82) is 0 Å². The van der Waals surface area contributed by atoms with Gasteiger partial charge in [0.2, 0.25) is 5.91 Å². The Kier molecular flexibility index (Phi) is 6.55. The molecule has 2 rings (SSSR count). The van der Waals surface area contributed by atoms with Crippen molar-refractivity contribution in [2.24, 2.45) is 0 Å². The molecule has 0 aliphatic heterocycles. The van der Waals surface area contributed by atoms with Gasteiger partial charge in [-0.2, -0.15) is 13.2 Å². The number of halogens is 4. The molecule has 0 aromatic heterocycles. The van der Waals surface area contributed by atoms with Crippen LogP contribution in [0.4, 0.5) is 23.2 Å². The summed E-state index contributed by atoms with van der Waals surface area (Å²) in [5, 5.41) is 0. The van der Waals surface area contributed by atoms with E-state index >= 15 is 0 Å². The lowest BCUT2D eigenvalue weighted by molar-refractivity contribution is -0.142. The molecule has 0 bridgehead atoms. The zero-order valence-corrected chi connectivity index (χ0v) is 14.4. The molecule has 27 heavy (non-hydrogen) atoms. The predicted molar refractivity (Wildman–Crippen MR) is 90.5 cm³/mol. The highest BCUT2D eigenvalue weighted by Crippen LogP contribution is 2.30. The minimum atomic E-state index is -4.55. The van der Waals surface area contributed by atoms with Gasteiger partial charge in [-0.25, -0.2) is 4.39 Å². The molecule has 0 aliphatic carbocycles. The lowest BCUT2D eigenvalue weighted by Crippen LogP contribution is -2.38. The van der Waals surface area contributed by atoms with Gasteiger partial charge in [-0.1, -0.05) is 30.3 Å². The number of amides is 1. The van der Waals surface area contributed by atoms with Crippen LogP contribution in [0.2, 0.25) is 0 Å². The molecule has 0 aliphatic rings. The van der Waals surface area contributed by atoms with Crippen LogP contribution >= 0.6 is 0 Å². The van der Waals surface area contributed by atoms with E-state index in [1.165, 1.54) is 30.3 Å². The van der Waals surface area contributed by atoms with Crippen LogP contribution in [0.25, 0.3) is 0 Å². The normalized spacial score (nSPS) is 11.1. The fourth-order valence-corrected chi connectivity index (χ4v) is 2.44. The molecule has 0 atom stereocenters. The molecule has 0 saturated heterocycles. The summed E-state index contributed by atoms with van der Waals surface area (Å²) in [7, 11) is 0. The van der Waals surface area contributed by atoms with Gasteiger partial charge < -0.3 is 4.74 Å². The summed E-state index contributed by atoms with van der Waals surface area (Å²) in [5.41, 5.74) is -0.946. The molecule has 4 nitrogen and oxygen atoms in total. The monoisotopic (exact) mass is 383 g/mol. The van der Waals surface area contributed by atoms with Gasteiger partial charge in [0.05, 0.1) is 24.3 Å². The number of benzene rings is 2. The Labute approximate surface area is 153 Å². The molecular formula is C19H17F4NO3. The van der Waals surface area contributed by atoms with Crippen molar-refractivity contribution in [1.82, 2.24) is 0 Å². The van der Waals surface area contributed by atoms with Crippen molar-refractivity contribution in [3.8, 4) is 0 Å². The predicted octanol–water partition coefficient (Wildman–Crippen LogP) is 3.98. The number of carbonyl (C=O) groups is 2. The van der Waals surface area contributed by atoms with Crippen molar-refractivity contribution >= 4 is 17.6 Å². The maximum absolute atomic E-state index is 14.1. The van der Waals surface area contributed by atoms with E-state index in [4.69, 9.17) is 4.74 Å². The van der Waals surface area contributed by atoms with Crippen molar-refractivity contribution in [2.45, 2.75) is 19.5 Å². The van der Waals surface area contributed by atoms with E-state index in [-0.39, 0.29) is 17.9 Å². The van der Waals surface area contributed by atoms with Crippen LogP contribution in [0, 0.1) is 5.82 Å². The van der Waals surface area contributed by atoms with Gasteiger partial charge in [0, 0.05) is 0 Å². The van der Waals surface area contributed by atoms with E-state index in [2.05, 4.69) is 0 Å². The number of hydrogen-bond acceptors (Lipinski definition) is 3. The van der Waals surface area contributed by atoms with E-state index in [1.54, 1.807) is 6.92 Å². The molecular weight excluding hydrogens is 366 g/mol. The number of ether oxygens (including phenoxy) is 1. The molecule has 0 unspecified atom stereocenters. The number of esters is 1. The van der Waals surface area contributed by atoms with E-state index in [0.717, 1.165) is 23.1 Å².